The monoisotopic (exact) mass is 242 g/mol. The van der Waals surface area contributed by atoms with Gasteiger partial charge in [0.15, 0.2) is 0 Å². The number of hydrogen-bond donors (Lipinski definition) is 1. The Bertz CT molecular complexity index is 528. The molecular weight excluding hydrogens is 229 g/mol. The van der Waals surface area contributed by atoms with Gasteiger partial charge in [-0.2, -0.15) is 13.2 Å². The molecule has 5 heteroatoms. The molecule has 0 fully saturated rings. The third kappa shape index (κ3) is 2.44. The van der Waals surface area contributed by atoms with E-state index in [9.17, 15) is 13.2 Å². The van der Waals surface area contributed by atoms with Crippen molar-refractivity contribution in [2.24, 2.45) is 12.8 Å². The standard InChI is InChI=1S/C12H13F3N2/c1-17-7-9(10(16)6-12(13,14)15)8-4-2-3-5-11(8)17/h2-5,7,10H,6,16H2,1H3/t10-/m0/s1. The predicted octanol–water partition coefficient (Wildman–Crippen LogP) is 3.13. The van der Waals surface area contributed by atoms with Crippen LogP contribution in [0.2, 0.25) is 0 Å². The Balaban J connectivity index is 2.42. The zero-order valence-corrected chi connectivity index (χ0v) is 9.33. The van der Waals surface area contributed by atoms with Crippen LogP contribution in [0, 0.1) is 0 Å². The molecule has 0 radical (unpaired) electrons. The normalized spacial score (nSPS) is 14.2. The zero-order valence-electron chi connectivity index (χ0n) is 9.33. The fourth-order valence-electron chi connectivity index (χ4n) is 2.03. The highest BCUT2D eigenvalue weighted by Crippen LogP contribution is 2.32. The molecule has 0 bridgehead atoms. The van der Waals surface area contributed by atoms with Crippen LogP contribution in [0.4, 0.5) is 13.2 Å². The molecule has 1 heterocycles. The molecular formula is C12H13F3N2. The molecule has 0 saturated heterocycles. The maximum absolute atomic E-state index is 12.3. The molecule has 92 valence electrons. The van der Waals surface area contributed by atoms with Crippen molar-refractivity contribution in [2.75, 3.05) is 0 Å². The van der Waals surface area contributed by atoms with E-state index in [1.807, 2.05) is 12.1 Å². The molecule has 2 N–H and O–H groups in total. The average Bonchev–Trinajstić information content (AvgIpc) is 2.55. The van der Waals surface area contributed by atoms with Crippen LogP contribution in [0.5, 0.6) is 0 Å². The number of aromatic nitrogens is 1. The van der Waals surface area contributed by atoms with Gasteiger partial charge in [0.05, 0.1) is 6.42 Å². The van der Waals surface area contributed by atoms with Crippen LogP contribution in [0.3, 0.4) is 0 Å². The SMILES string of the molecule is Cn1cc([C@@H](N)CC(F)(F)F)c2ccccc21. The van der Waals surface area contributed by atoms with Crippen LogP contribution in [-0.4, -0.2) is 10.7 Å². The van der Waals surface area contributed by atoms with Gasteiger partial charge in [0.2, 0.25) is 0 Å². The fourth-order valence-corrected chi connectivity index (χ4v) is 2.03. The minimum absolute atomic E-state index is 0.542. The van der Waals surface area contributed by atoms with Crippen LogP contribution in [0.25, 0.3) is 10.9 Å². The molecule has 0 unspecified atom stereocenters. The molecule has 1 atom stereocenters. The van der Waals surface area contributed by atoms with E-state index in [0.29, 0.717) is 5.56 Å². The van der Waals surface area contributed by atoms with Gasteiger partial charge in [-0.25, -0.2) is 0 Å². The van der Waals surface area contributed by atoms with E-state index in [1.165, 1.54) is 0 Å². The van der Waals surface area contributed by atoms with Crippen molar-refractivity contribution in [2.45, 2.75) is 18.6 Å². The first-order valence-electron chi connectivity index (χ1n) is 5.25. The van der Waals surface area contributed by atoms with Crippen molar-refractivity contribution < 1.29 is 13.2 Å². The summed E-state index contributed by atoms with van der Waals surface area (Å²) < 4.78 is 38.7. The third-order valence-corrected chi connectivity index (χ3v) is 2.78. The lowest BCUT2D eigenvalue weighted by Crippen LogP contribution is -2.20. The molecule has 1 aromatic carbocycles. The maximum Gasteiger partial charge on any atom is 0.390 e. The van der Waals surface area contributed by atoms with Gasteiger partial charge in [-0.15, -0.1) is 0 Å². The molecule has 0 saturated carbocycles. The lowest BCUT2D eigenvalue weighted by atomic mass is 10.0. The Morgan fingerprint density at radius 3 is 2.59 bits per heavy atom. The van der Waals surface area contributed by atoms with Gasteiger partial charge in [-0.3, -0.25) is 0 Å². The lowest BCUT2D eigenvalue weighted by molar-refractivity contribution is -0.138. The molecule has 2 rings (SSSR count). The van der Waals surface area contributed by atoms with E-state index in [0.717, 1.165) is 10.9 Å². The topological polar surface area (TPSA) is 30.9 Å². The highest BCUT2D eigenvalue weighted by molar-refractivity contribution is 5.84. The summed E-state index contributed by atoms with van der Waals surface area (Å²) in [7, 11) is 1.80. The van der Waals surface area contributed by atoms with Crippen molar-refractivity contribution >= 4 is 10.9 Å². The molecule has 2 nitrogen and oxygen atoms in total. The van der Waals surface area contributed by atoms with E-state index in [4.69, 9.17) is 5.73 Å². The number of benzene rings is 1. The van der Waals surface area contributed by atoms with Gasteiger partial charge >= 0.3 is 6.18 Å². The Labute approximate surface area is 96.8 Å². The van der Waals surface area contributed by atoms with Crippen molar-refractivity contribution in [3.8, 4) is 0 Å². The van der Waals surface area contributed by atoms with Gasteiger partial charge in [0, 0.05) is 30.2 Å². The second-order valence-corrected chi connectivity index (χ2v) is 4.14. The van der Waals surface area contributed by atoms with Crippen LogP contribution in [-0.2, 0) is 7.05 Å². The summed E-state index contributed by atoms with van der Waals surface area (Å²) in [6.07, 6.45) is -3.57. The minimum Gasteiger partial charge on any atom is -0.350 e. The Kier molecular flexibility index (Phi) is 2.87. The summed E-state index contributed by atoms with van der Waals surface area (Å²) in [6, 6.07) is 6.29. The fraction of sp³-hybridized carbons (Fsp3) is 0.333. The summed E-state index contributed by atoms with van der Waals surface area (Å²) >= 11 is 0. The molecule has 2 aromatic rings. The quantitative estimate of drug-likeness (QED) is 0.861. The van der Waals surface area contributed by atoms with Gasteiger partial charge in [0.25, 0.3) is 0 Å². The summed E-state index contributed by atoms with van der Waals surface area (Å²) in [6.45, 7) is 0. The van der Waals surface area contributed by atoms with Crippen molar-refractivity contribution in [1.29, 1.82) is 0 Å². The molecule has 0 aliphatic heterocycles. The van der Waals surface area contributed by atoms with E-state index in [1.54, 1.807) is 29.9 Å². The molecule has 17 heavy (non-hydrogen) atoms. The van der Waals surface area contributed by atoms with Crippen LogP contribution in [0.15, 0.2) is 30.5 Å². The number of fused-ring (bicyclic) bond motifs is 1. The number of para-hydroxylation sites is 1. The number of alkyl halides is 3. The van der Waals surface area contributed by atoms with Crippen LogP contribution < -0.4 is 5.73 Å². The Morgan fingerprint density at radius 1 is 1.29 bits per heavy atom. The van der Waals surface area contributed by atoms with Crippen molar-refractivity contribution in [3.63, 3.8) is 0 Å². The smallest absolute Gasteiger partial charge is 0.350 e. The Morgan fingerprint density at radius 2 is 1.94 bits per heavy atom. The number of nitrogens with zero attached hydrogens (tertiary/aromatic N) is 1. The number of halogens is 3. The third-order valence-electron chi connectivity index (χ3n) is 2.78. The zero-order chi connectivity index (χ0) is 12.6. The first-order chi connectivity index (χ1) is 7.88. The average molecular weight is 242 g/mol. The highest BCUT2D eigenvalue weighted by atomic mass is 19.4. The van der Waals surface area contributed by atoms with Crippen molar-refractivity contribution in [3.05, 3.63) is 36.0 Å². The molecule has 1 aromatic heterocycles. The summed E-state index contributed by atoms with van der Waals surface area (Å²) in [4.78, 5) is 0. The van der Waals surface area contributed by atoms with E-state index in [-0.39, 0.29) is 0 Å². The number of rotatable bonds is 2. The number of aryl methyl sites for hydroxylation is 1. The predicted molar refractivity (Wildman–Crippen MR) is 60.5 cm³/mol. The van der Waals surface area contributed by atoms with E-state index in [2.05, 4.69) is 0 Å². The first-order valence-corrected chi connectivity index (χ1v) is 5.25. The van der Waals surface area contributed by atoms with Crippen LogP contribution >= 0.6 is 0 Å². The first kappa shape index (κ1) is 12.0. The molecule has 0 aliphatic carbocycles. The van der Waals surface area contributed by atoms with Gasteiger partial charge in [-0.1, -0.05) is 18.2 Å². The summed E-state index contributed by atoms with van der Waals surface area (Å²) in [5, 5.41) is 0.784. The van der Waals surface area contributed by atoms with Gasteiger partial charge < -0.3 is 10.3 Å². The second kappa shape index (κ2) is 4.07. The minimum atomic E-state index is -4.24. The van der Waals surface area contributed by atoms with Gasteiger partial charge in [0.1, 0.15) is 0 Å². The summed E-state index contributed by atoms with van der Waals surface area (Å²) in [5.41, 5.74) is 7.06. The summed E-state index contributed by atoms with van der Waals surface area (Å²) in [5.74, 6) is 0. The number of hydrogen-bond acceptors (Lipinski definition) is 1. The van der Waals surface area contributed by atoms with Gasteiger partial charge in [-0.05, 0) is 11.6 Å². The highest BCUT2D eigenvalue weighted by Gasteiger charge is 2.31. The largest absolute Gasteiger partial charge is 0.390 e. The molecule has 0 aliphatic rings. The number of nitrogens with two attached hydrogens (primary N) is 1. The molecule has 0 spiro atoms. The second-order valence-electron chi connectivity index (χ2n) is 4.14. The molecule has 0 amide bonds. The van der Waals surface area contributed by atoms with E-state index >= 15 is 0 Å². The van der Waals surface area contributed by atoms with E-state index < -0.39 is 18.6 Å². The maximum atomic E-state index is 12.3. The van der Waals surface area contributed by atoms with Crippen LogP contribution in [0.1, 0.15) is 18.0 Å². The lowest BCUT2D eigenvalue weighted by Gasteiger charge is -2.13. The Hall–Kier alpha value is -1.49. The van der Waals surface area contributed by atoms with Crippen molar-refractivity contribution in [1.82, 2.24) is 4.57 Å².